The van der Waals surface area contributed by atoms with Gasteiger partial charge < -0.3 is 14.1 Å². The topological polar surface area (TPSA) is 104 Å². The maximum Gasteiger partial charge on any atom is 0.332 e. The van der Waals surface area contributed by atoms with Crippen LogP contribution in [-0.4, -0.2) is 40.4 Å². The smallest absolute Gasteiger partial charge is 0.332 e. The largest absolute Gasteiger partial charge is 0.461 e. The Balaban J connectivity index is 1.47. The van der Waals surface area contributed by atoms with Crippen LogP contribution in [0.2, 0.25) is 0 Å². The third-order valence-electron chi connectivity index (χ3n) is 8.01. The van der Waals surface area contributed by atoms with Gasteiger partial charge in [0, 0.05) is 57.1 Å². The number of ether oxygens (including phenoxy) is 1. The minimum Gasteiger partial charge on any atom is -0.461 e. The highest BCUT2D eigenvalue weighted by Gasteiger charge is 2.22. The van der Waals surface area contributed by atoms with Gasteiger partial charge in [-0.1, -0.05) is 72.4 Å². The molecule has 8 heteroatoms. The summed E-state index contributed by atoms with van der Waals surface area (Å²) in [6, 6.07) is 31.4. The van der Waals surface area contributed by atoms with E-state index in [-0.39, 0.29) is 18.1 Å². The van der Waals surface area contributed by atoms with Crippen LogP contribution in [0.4, 0.5) is 0 Å². The quantitative estimate of drug-likeness (QED) is 0.0395. The minimum atomic E-state index is -0.650. The molecule has 6 rings (SSSR count). The van der Waals surface area contributed by atoms with Crippen molar-refractivity contribution in [3.05, 3.63) is 144 Å². The predicted octanol–water partition coefficient (Wildman–Crippen LogP) is 7.37. The molecule has 0 aliphatic heterocycles. The second-order valence-electron chi connectivity index (χ2n) is 11.0. The molecule has 47 heavy (non-hydrogen) atoms. The Bertz CT molecular complexity index is 2280. The second kappa shape index (κ2) is 13.1. The first-order valence-corrected chi connectivity index (χ1v) is 15.0. The molecule has 6 aromatic rings. The molecule has 0 spiro atoms. The number of esters is 1. The van der Waals surface area contributed by atoms with Crippen molar-refractivity contribution in [1.29, 1.82) is 0 Å². The lowest BCUT2D eigenvalue weighted by Crippen LogP contribution is -2.18. The molecular formula is C39H30N2O6. The Kier molecular flexibility index (Phi) is 8.58. The first-order valence-electron chi connectivity index (χ1n) is 15.0. The highest BCUT2D eigenvalue weighted by Crippen LogP contribution is 2.32. The van der Waals surface area contributed by atoms with Gasteiger partial charge in [-0.2, -0.15) is 0 Å². The van der Waals surface area contributed by atoms with Crippen LogP contribution < -0.4 is 0 Å². The standard InChI is InChI=1S/C39H30N2O6/c1-4-36(43)46-20-19-41-34-17-15-29(38(44)28-14-13-26-10-6-7-11-27(26)21-28)22-32(34)33-23-30(16-18-35(33)41)39(45)37(40-47-25(3)42)31-12-8-5-9-24(31)2/h4-18,21-23H,1,19-20H2,2-3H3/b40-37+. The summed E-state index contributed by atoms with van der Waals surface area (Å²) in [6.07, 6.45) is 1.11. The Morgan fingerprint density at radius 2 is 1.38 bits per heavy atom. The maximum atomic E-state index is 14.0. The van der Waals surface area contributed by atoms with Crippen LogP contribution in [-0.2, 0) is 25.7 Å². The van der Waals surface area contributed by atoms with E-state index in [2.05, 4.69) is 11.7 Å². The average molecular weight is 623 g/mol. The Morgan fingerprint density at radius 1 is 0.766 bits per heavy atom. The number of carbonyl (C=O) groups excluding carboxylic acids is 4. The molecule has 0 amide bonds. The van der Waals surface area contributed by atoms with E-state index in [0.717, 1.165) is 38.8 Å². The summed E-state index contributed by atoms with van der Waals surface area (Å²) in [5.41, 5.74) is 4.24. The molecule has 0 aliphatic rings. The summed E-state index contributed by atoms with van der Waals surface area (Å²) in [5.74, 6) is -1.76. The van der Waals surface area contributed by atoms with Gasteiger partial charge in [-0.3, -0.25) is 9.59 Å². The van der Waals surface area contributed by atoms with Crippen molar-refractivity contribution in [3.8, 4) is 0 Å². The molecule has 0 atom stereocenters. The van der Waals surface area contributed by atoms with Crippen LogP contribution >= 0.6 is 0 Å². The van der Waals surface area contributed by atoms with Crippen molar-refractivity contribution in [1.82, 2.24) is 4.57 Å². The number of ketones is 2. The van der Waals surface area contributed by atoms with E-state index in [0.29, 0.717) is 34.2 Å². The van der Waals surface area contributed by atoms with Gasteiger partial charge in [-0.05, 0) is 65.7 Å². The SMILES string of the molecule is C=CC(=O)OCCn1c2ccc(C(=O)/C(=N/OC(C)=O)c3ccccc3C)cc2c2cc(C(=O)c3ccc4ccccc4c3)ccc21. The number of nitrogens with zero attached hydrogens (tertiary/aromatic N) is 2. The molecule has 232 valence electrons. The number of hydrogen-bond donors (Lipinski definition) is 0. The molecule has 0 bridgehead atoms. The van der Waals surface area contributed by atoms with E-state index in [4.69, 9.17) is 9.57 Å². The van der Waals surface area contributed by atoms with Crippen LogP contribution in [0.15, 0.2) is 121 Å². The molecule has 0 N–H and O–H groups in total. The second-order valence-corrected chi connectivity index (χ2v) is 11.0. The number of carbonyl (C=O) groups is 4. The average Bonchev–Trinajstić information content (AvgIpc) is 3.40. The van der Waals surface area contributed by atoms with E-state index in [9.17, 15) is 19.2 Å². The third-order valence-corrected chi connectivity index (χ3v) is 8.01. The summed E-state index contributed by atoms with van der Waals surface area (Å²) in [6.45, 7) is 6.93. The summed E-state index contributed by atoms with van der Waals surface area (Å²) in [7, 11) is 0. The van der Waals surface area contributed by atoms with E-state index in [1.54, 1.807) is 30.3 Å². The van der Waals surface area contributed by atoms with E-state index < -0.39 is 17.7 Å². The van der Waals surface area contributed by atoms with Crippen molar-refractivity contribution >= 4 is 61.8 Å². The van der Waals surface area contributed by atoms with Gasteiger partial charge in [-0.15, -0.1) is 0 Å². The molecule has 8 nitrogen and oxygen atoms in total. The zero-order valence-corrected chi connectivity index (χ0v) is 25.9. The number of benzene rings is 5. The van der Waals surface area contributed by atoms with Crippen molar-refractivity contribution < 1.29 is 28.8 Å². The van der Waals surface area contributed by atoms with Crippen LogP contribution in [0.3, 0.4) is 0 Å². The van der Waals surface area contributed by atoms with Gasteiger partial charge in [0.25, 0.3) is 0 Å². The van der Waals surface area contributed by atoms with E-state index >= 15 is 0 Å². The van der Waals surface area contributed by atoms with Crippen LogP contribution in [0.25, 0.3) is 32.6 Å². The molecule has 0 unspecified atom stereocenters. The zero-order valence-electron chi connectivity index (χ0n) is 25.9. The fraction of sp³-hybridized carbons (Fsp3) is 0.103. The molecule has 0 aliphatic carbocycles. The number of oxime groups is 1. The number of fused-ring (bicyclic) bond motifs is 4. The molecule has 0 saturated carbocycles. The number of Topliss-reactive ketones (excluding diaryl/α,β-unsaturated/α-hetero) is 1. The van der Waals surface area contributed by atoms with Crippen molar-refractivity contribution in [3.63, 3.8) is 0 Å². The highest BCUT2D eigenvalue weighted by molar-refractivity contribution is 6.51. The van der Waals surface area contributed by atoms with Gasteiger partial charge in [0.05, 0.1) is 6.54 Å². The van der Waals surface area contributed by atoms with Crippen LogP contribution in [0, 0.1) is 6.92 Å². The molecule has 5 aromatic carbocycles. The lowest BCUT2D eigenvalue weighted by atomic mass is 9.96. The normalized spacial score (nSPS) is 11.5. The molecule has 1 heterocycles. The maximum absolute atomic E-state index is 14.0. The zero-order chi connectivity index (χ0) is 33.1. The lowest BCUT2D eigenvalue weighted by molar-refractivity contribution is -0.141. The van der Waals surface area contributed by atoms with Gasteiger partial charge in [0.1, 0.15) is 6.61 Å². The minimum absolute atomic E-state index is 0.00935. The van der Waals surface area contributed by atoms with Crippen molar-refractivity contribution in [2.45, 2.75) is 20.4 Å². The Hall–Kier alpha value is -6.15. The predicted molar refractivity (Wildman–Crippen MR) is 182 cm³/mol. The molecule has 1 aromatic heterocycles. The van der Waals surface area contributed by atoms with Gasteiger partial charge in [0.15, 0.2) is 11.5 Å². The van der Waals surface area contributed by atoms with Gasteiger partial charge >= 0.3 is 11.9 Å². The van der Waals surface area contributed by atoms with Crippen molar-refractivity contribution in [2.24, 2.45) is 5.16 Å². The van der Waals surface area contributed by atoms with Crippen LogP contribution in [0.1, 0.15) is 44.3 Å². The Morgan fingerprint density at radius 3 is 2.09 bits per heavy atom. The monoisotopic (exact) mass is 622 g/mol. The fourth-order valence-corrected chi connectivity index (χ4v) is 5.72. The Labute approximate surface area is 270 Å². The summed E-state index contributed by atoms with van der Waals surface area (Å²) in [4.78, 5) is 56.1. The number of hydrogen-bond acceptors (Lipinski definition) is 7. The number of aryl methyl sites for hydroxylation is 1. The highest BCUT2D eigenvalue weighted by atomic mass is 16.7. The van der Waals surface area contributed by atoms with E-state index in [1.165, 1.54) is 6.92 Å². The first-order chi connectivity index (χ1) is 22.7. The van der Waals surface area contributed by atoms with Gasteiger partial charge in [-0.25, -0.2) is 9.59 Å². The number of rotatable bonds is 10. The summed E-state index contributed by atoms with van der Waals surface area (Å²) < 4.78 is 7.25. The summed E-state index contributed by atoms with van der Waals surface area (Å²) in [5, 5.41) is 7.41. The molecular weight excluding hydrogens is 592 g/mol. The van der Waals surface area contributed by atoms with Gasteiger partial charge in [0.2, 0.25) is 5.78 Å². The third kappa shape index (κ3) is 6.21. The lowest BCUT2D eigenvalue weighted by Gasteiger charge is -2.10. The first kappa shape index (κ1) is 30.9. The number of aromatic nitrogens is 1. The fourth-order valence-electron chi connectivity index (χ4n) is 5.72. The summed E-state index contributed by atoms with van der Waals surface area (Å²) >= 11 is 0. The molecule has 0 fully saturated rings. The van der Waals surface area contributed by atoms with Crippen molar-refractivity contribution in [2.75, 3.05) is 6.61 Å². The molecule has 0 radical (unpaired) electrons. The van der Waals surface area contributed by atoms with E-state index in [1.807, 2.05) is 84.3 Å². The molecule has 0 saturated heterocycles. The van der Waals surface area contributed by atoms with Crippen LogP contribution in [0.5, 0.6) is 0 Å².